The fourth-order valence-corrected chi connectivity index (χ4v) is 2.36. The van der Waals surface area contributed by atoms with Gasteiger partial charge < -0.3 is 5.73 Å². The van der Waals surface area contributed by atoms with E-state index >= 15 is 0 Å². The van der Waals surface area contributed by atoms with Crippen molar-refractivity contribution in [2.45, 2.75) is 13.3 Å². The van der Waals surface area contributed by atoms with Crippen molar-refractivity contribution in [2.24, 2.45) is 0 Å². The van der Waals surface area contributed by atoms with Crippen molar-refractivity contribution in [3.05, 3.63) is 34.2 Å². The standard InChI is InChI=1S/C11H11ClN2S.BrH/c1-2-9-10(14-11(13)15-9)7-3-5-8(12)6-4-7;/h3-6H,2H2,1H3,(H2,13,14);1H. The Hall–Kier alpha value is -0.580. The van der Waals surface area contributed by atoms with E-state index in [1.54, 1.807) is 11.3 Å². The summed E-state index contributed by atoms with van der Waals surface area (Å²) in [6, 6.07) is 7.67. The van der Waals surface area contributed by atoms with E-state index in [9.17, 15) is 0 Å². The zero-order valence-corrected chi connectivity index (χ0v) is 12.0. The first kappa shape index (κ1) is 13.5. The van der Waals surface area contributed by atoms with Gasteiger partial charge in [0.1, 0.15) is 0 Å². The van der Waals surface area contributed by atoms with Crippen LogP contribution in [0.3, 0.4) is 0 Å². The smallest absolute Gasteiger partial charge is 0.180 e. The molecule has 0 atom stereocenters. The van der Waals surface area contributed by atoms with Crippen molar-refractivity contribution < 1.29 is 0 Å². The molecule has 86 valence electrons. The van der Waals surface area contributed by atoms with Gasteiger partial charge in [0, 0.05) is 15.5 Å². The third-order valence-corrected chi connectivity index (χ3v) is 3.43. The fourth-order valence-electron chi connectivity index (χ4n) is 1.44. The number of anilines is 1. The maximum Gasteiger partial charge on any atom is 0.180 e. The monoisotopic (exact) mass is 318 g/mol. The van der Waals surface area contributed by atoms with Crippen molar-refractivity contribution in [3.8, 4) is 11.3 Å². The van der Waals surface area contributed by atoms with Gasteiger partial charge in [-0.1, -0.05) is 30.7 Å². The molecule has 1 aromatic carbocycles. The van der Waals surface area contributed by atoms with Crippen LogP contribution in [0.25, 0.3) is 11.3 Å². The van der Waals surface area contributed by atoms with Crippen LogP contribution in [-0.4, -0.2) is 4.98 Å². The van der Waals surface area contributed by atoms with Gasteiger partial charge in [0.05, 0.1) is 5.69 Å². The lowest BCUT2D eigenvalue weighted by Crippen LogP contribution is -1.84. The summed E-state index contributed by atoms with van der Waals surface area (Å²) in [5.74, 6) is 0. The van der Waals surface area contributed by atoms with Crippen molar-refractivity contribution in [2.75, 3.05) is 5.73 Å². The maximum atomic E-state index is 5.84. The van der Waals surface area contributed by atoms with Gasteiger partial charge in [0.25, 0.3) is 0 Å². The van der Waals surface area contributed by atoms with Crippen LogP contribution >= 0.6 is 39.9 Å². The Morgan fingerprint density at radius 1 is 1.31 bits per heavy atom. The molecule has 1 heterocycles. The number of nitrogens with two attached hydrogens (primary N) is 1. The average molecular weight is 320 g/mol. The van der Waals surface area contributed by atoms with Crippen LogP contribution in [0.2, 0.25) is 5.02 Å². The molecular weight excluding hydrogens is 308 g/mol. The Morgan fingerprint density at radius 3 is 2.50 bits per heavy atom. The van der Waals surface area contributed by atoms with Crippen molar-refractivity contribution in [3.63, 3.8) is 0 Å². The van der Waals surface area contributed by atoms with Gasteiger partial charge in [0.15, 0.2) is 5.13 Å². The number of nitrogen functional groups attached to an aromatic ring is 1. The van der Waals surface area contributed by atoms with Crippen LogP contribution < -0.4 is 5.73 Å². The third-order valence-electron chi connectivity index (χ3n) is 2.15. The summed E-state index contributed by atoms with van der Waals surface area (Å²) in [7, 11) is 0. The Balaban J connectivity index is 0.00000128. The van der Waals surface area contributed by atoms with E-state index in [1.807, 2.05) is 24.3 Å². The normalized spacial score (nSPS) is 9.88. The van der Waals surface area contributed by atoms with Crippen LogP contribution in [0.4, 0.5) is 5.13 Å². The minimum atomic E-state index is 0. The van der Waals surface area contributed by atoms with Gasteiger partial charge in [0.2, 0.25) is 0 Å². The lowest BCUT2D eigenvalue weighted by atomic mass is 10.1. The van der Waals surface area contributed by atoms with Gasteiger partial charge in [-0.05, 0) is 18.6 Å². The van der Waals surface area contributed by atoms with Gasteiger partial charge in [-0.3, -0.25) is 0 Å². The predicted molar refractivity (Wildman–Crippen MR) is 76.7 cm³/mol. The molecule has 0 saturated heterocycles. The molecule has 0 radical (unpaired) electrons. The molecule has 0 saturated carbocycles. The van der Waals surface area contributed by atoms with Crippen LogP contribution in [-0.2, 0) is 6.42 Å². The zero-order valence-electron chi connectivity index (χ0n) is 8.74. The van der Waals surface area contributed by atoms with E-state index in [0.29, 0.717) is 5.13 Å². The molecule has 0 unspecified atom stereocenters. The second-order valence-electron chi connectivity index (χ2n) is 3.18. The number of halogens is 2. The summed E-state index contributed by atoms with van der Waals surface area (Å²) in [6.45, 7) is 2.10. The summed E-state index contributed by atoms with van der Waals surface area (Å²) < 4.78 is 0. The predicted octanol–water partition coefficient (Wildman–Crippen LogP) is 4.19. The number of benzene rings is 1. The Labute approximate surface area is 114 Å². The fraction of sp³-hybridized carbons (Fsp3) is 0.182. The highest BCUT2D eigenvalue weighted by Gasteiger charge is 2.09. The third kappa shape index (κ3) is 2.75. The molecule has 0 fully saturated rings. The average Bonchev–Trinajstić information content (AvgIpc) is 2.61. The maximum absolute atomic E-state index is 5.84. The van der Waals surface area contributed by atoms with Gasteiger partial charge in [-0.2, -0.15) is 0 Å². The van der Waals surface area contributed by atoms with E-state index in [2.05, 4.69) is 11.9 Å². The molecule has 2 nitrogen and oxygen atoms in total. The Kier molecular flexibility index (Phi) is 4.77. The molecule has 2 aromatic rings. The molecule has 0 aliphatic heterocycles. The topological polar surface area (TPSA) is 38.9 Å². The van der Waals surface area contributed by atoms with Crippen LogP contribution in [0.1, 0.15) is 11.8 Å². The van der Waals surface area contributed by atoms with Crippen LogP contribution in [0, 0.1) is 0 Å². The number of aryl methyl sites for hydroxylation is 1. The molecule has 2 N–H and O–H groups in total. The second kappa shape index (κ2) is 5.66. The summed E-state index contributed by atoms with van der Waals surface area (Å²) in [6.07, 6.45) is 0.951. The van der Waals surface area contributed by atoms with Crippen LogP contribution in [0.5, 0.6) is 0 Å². The van der Waals surface area contributed by atoms with Gasteiger partial charge in [-0.15, -0.1) is 28.3 Å². The van der Waals surface area contributed by atoms with Crippen molar-refractivity contribution in [1.29, 1.82) is 0 Å². The van der Waals surface area contributed by atoms with Crippen molar-refractivity contribution >= 4 is 45.1 Å². The summed E-state index contributed by atoms with van der Waals surface area (Å²) in [4.78, 5) is 5.55. The van der Waals surface area contributed by atoms with Gasteiger partial charge >= 0.3 is 0 Å². The van der Waals surface area contributed by atoms with E-state index in [0.717, 1.165) is 22.7 Å². The quantitative estimate of drug-likeness (QED) is 0.901. The molecule has 0 aliphatic rings. The lowest BCUT2D eigenvalue weighted by molar-refractivity contribution is 1.17. The minimum absolute atomic E-state index is 0. The number of rotatable bonds is 2. The highest BCUT2D eigenvalue weighted by molar-refractivity contribution is 8.93. The number of thiazole rings is 1. The first-order chi connectivity index (χ1) is 7.20. The van der Waals surface area contributed by atoms with E-state index in [-0.39, 0.29) is 17.0 Å². The second-order valence-corrected chi connectivity index (χ2v) is 4.74. The number of nitrogens with zero attached hydrogens (tertiary/aromatic N) is 1. The zero-order chi connectivity index (χ0) is 10.8. The molecule has 2 rings (SSSR count). The minimum Gasteiger partial charge on any atom is -0.375 e. The van der Waals surface area contributed by atoms with Crippen molar-refractivity contribution in [1.82, 2.24) is 4.98 Å². The molecule has 16 heavy (non-hydrogen) atoms. The molecule has 0 aliphatic carbocycles. The summed E-state index contributed by atoms with van der Waals surface area (Å²) >= 11 is 7.38. The highest BCUT2D eigenvalue weighted by Crippen LogP contribution is 2.30. The molecular formula is C11H12BrClN2S. The summed E-state index contributed by atoms with van der Waals surface area (Å²) in [5.41, 5.74) is 7.76. The first-order valence-corrected chi connectivity index (χ1v) is 5.91. The Morgan fingerprint density at radius 2 is 1.94 bits per heavy atom. The largest absolute Gasteiger partial charge is 0.375 e. The molecule has 0 spiro atoms. The Bertz CT molecular complexity index is 467. The molecule has 0 bridgehead atoms. The van der Waals surface area contributed by atoms with Gasteiger partial charge in [-0.25, -0.2) is 4.98 Å². The number of hydrogen-bond donors (Lipinski definition) is 1. The summed E-state index contributed by atoms with van der Waals surface area (Å²) in [5, 5.41) is 1.36. The number of hydrogen-bond acceptors (Lipinski definition) is 3. The number of aromatic nitrogens is 1. The SMILES string of the molecule is Br.CCc1sc(N)nc1-c1ccc(Cl)cc1. The molecule has 5 heteroatoms. The lowest BCUT2D eigenvalue weighted by Gasteiger charge is -1.99. The van der Waals surface area contributed by atoms with E-state index in [4.69, 9.17) is 17.3 Å². The van der Waals surface area contributed by atoms with Crippen LogP contribution in [0.15, 0.2) is 24.3 Å². The molecule has 0 amide bonds. The first-order valence-electron chi connectivity index (χ1n) is 4.72. The highest BCUT2D eigenvalue weighted by atomic mass is 79.9. The van der Waals surface area contributed by atoms with E-state index in [1.165, 1.54) is 4.88 Å². The van der Waals surface area contributed by atoms with E-state index < -0.39 is 0 Å². The molecule has 1 aromatic heterocycles.